The van der Waals surface area contributed by atoms with E-state index < -0.39 is 20.0 Å². The largest absolute Gasteiger partial charge is 0.240 e. The normalized spacial score (nSPS) is 12.2. The van der Waals surface area contributed by atoms with Crippen LogP contribution in [0.4, 0.5) is 0 Å². The molecule has 172 valence electrons. The van der Waals surface area contributed by atoms with Crippen molar-refractivity contribution in [2.24, 2.45) is 0 Å². The molecule has 2 N–H and O–H groups in total. The van der Waals surface area contributed by atoms with Crippen LogP contribution in [0.25, 0.3) is 0 Å². The lowest BCUT2D eigenvalue weighted by atomic mass is 10.2. The van der Waals surface area contributed by atoms with Gasteiger partial charge in [-0.1, -0.05) is 35.4 Å². The zero-order chi connectivity index (χ0) is 22.7. The molecule has 0 aliphatic carbocycles. The summed E-state index contributed by atoms with van der Waals surface area (Å²) in [6, 6.07) is 13.6. The third-order valence-electron chi connectivity index (χ3n) is 4.32. The SMILES string of the molecule is Cc1ccc(S(=O)(=O)NCCSCCCSCCNS(=O)(=O)c2ccc(C)cc2)cc1. The smallest absolute Gasteiger partial charge is 0.210 e. The van der Waals surface area contributed by atoms with Crippen molar-refractivity contribution in [1.29, 1.82) is 0 Å². The monoisotopic (exact) mass is 502 g/mol. The number of hydrogen-bond donors (Lipinski definition) is 2. The third-order valence-corrected chi connectivity index (χ3v) is 9.41. The van der Waals surface area contributed by atoms with Crippen LogP contribution in [-0.2, 0) is 20.0 Å². The minimum atomic E-state index is -3.44. The molecule has 0 saturated carbocycles. The van der Waals surface area contributed by atoms with E-state index in [0.717, 1.165) is 29.1 Å². The van der Waals surface area contributed by atoms with Gasteiger partial charge in [0.25, 0.3) is 0 Å². The van der Waals surface area contributed by atoms with Crippen LogP contribution >= 0.6 is 23.5 Å². The van der Waals surface area contributed by atoms with E-state index in [4.69, 9.17) is 0 Å². The van der Waals surface area contributed by atoms with Gasteiger partial charge < -0.3 is 0 Å². The van der Waals surface area contributed by atoms with Crippen LogP contribution < -0.4 is 9.44 Å². The Morgan fingerprint density at radius 2 is 0.968 bits per heavy atom. The summed E-state index contributed by atoms with van der Waals surface area (Å²) in [5.74, 6) is 3.31. The van der Waals surface area contributed by atoms with Crippen LogP contribution in [0.2, 0.25) is 0 Å². The number of hydrogen-bond acceptors (Lipinski definition) is 6. The molecule has 0 spiro atoms. The van der Waals surface area contributed by atoms with Crippen LogP contribution in [0.15, 0.2) is 58.3 Å². The Balaban J connectivity index is 1.50. The first kappa shape index (κ1) is 26.2. The number of sulfonamides is 2. The minimum absolute atomic E-state index is 0.289. The molecule has 0 aliphatic heterocycles. The molecule has 0 unspecified atom stereocenters. The van der Waals surface area contributed by atoms with Crippen LogP contribution in [0.1, 0.15) is 17.5 Å². The van der Waals surface area contributed by atoms with E-state index >= 15 is 0 Å². The van der Waals surface area contributed by atoms with E-state index in [-0.39, 0.29) is 9.79 Å². The van der Waals surface area contributed by atoms with Gasteiger partial charge in [-0.2, -0.15) is 23.5 Å². The van der Waals surface area contributed by atoms with Crippen molar-refractivity contribution >= 4 is 43.6 Å². The first-order chi connectivity index (χ1) is 14.7. The van der Waals surface area contributed by atoms with Gasteiger partial charge in [0.1, 0.15) is 0 Å². The Morgan fingerprint density at radius 3 is 1.32 bits per heavy atom. The zero-order valence-corrected chi connectivity index (χ0v) is 21.1. The topological polar surface area (TPSA) is 92.3 Å². The maximum atomic E-state index is 12.2. The number of thioether (sulfide) groups is 2. The van der Waals surface area contributed by atoms with E-state index in [1.54, 1.807) is 72.1 Å². The summed E-state index contributed by atoms with van der Waals surface area (Å²) < 4.78 is 54.0. The second-order valence-corrected chi connectivity index (χ2v) is 13.0. The molecule has 0 radical (unpaired) electrons. The molecule has 0 aromatic heterocycles. The summed E-state index contributed by atoms with van der Waals surface area (Å²) in [6.07, 6.45) is 0.991. The Bertz CT molecular complexity index is 923. The van der Waals surface area contributed by atoms with Crippen molar-refractivity contribution in [3.63, 3.8) is 0 Å². The van der Waals surface area contributed by atoms with Gasteiger partial charge in [-0.3, -0.25) is 0 Å². The maximum Gasteiger partial charge on any atom is 0.240 e. The molecular weight excluding hydrogens is 473 g/mol. The molecule has 2 rings (SSSR count). The first-order valence-corrected chi connectivity index (χ1v) is 15.3. The Morgan fingerprint density at radius 1 is 0.613 bits per heavy atom. The number of benzene rings is 2. The fraction of sp³-hybridized carbons (Fsp3) is 0.429. The molecule has 31 heavy (non-hydrogen) atoms. The predicted octanol–water partition coefficient (Wildman–Crippen LogP) is 3.42. The molecule has 0 heterocycles. The molecule has 0 bridgehead atoms. The number of aryl methyl sites for hydroxylation is 2. The lowest BCUT2D eigenvalue weighted by Gasteiger charge is -2.08. The molecule has 0 saturated heterocycles. The summed E-state index contributed by atoms with van der Waals surface area (Å²) in [5, 5.41) is 0. The molecule has 0 fully saturated rings. The molecule has 0 amide bonds. The fourth-order valence-corrected chi connectivity index (χ4v) is 6.67. The standard InChI is InChI=1S/C21H30N2O4S4/c1-18-4-8-20(9-5-18)30(24,25)22-12-16-28-14-3-15-29-17-13-23-31(26,27)21-10-6-19(2)7-11-21/h4-11,22-23H,3,12-17H2,1-2H3. The Hall–Kier alpha value is -1.04. The van der Waals surface area contributed by atoms with Gasteiger partial charge in [0.2, 0.25) is 20.0 Å². The fourth-order valence-electron chi connectivity index (χ4n) is 2.57. The summed E-state index contributed by atoms with van der Waals surface area (Å²) in [4.78, 5) is 0.579. The highest BCUT2D eigenvalue weighted by Gasteiger charge is 2.13. The van der Waals surface area contributed by atoms with E-state index in [1.165, 1.54) is 0 Å². The Kier molecular flexibility index (Phi) is 10.9. The maximum absolute atomic E-state index is 12.2. The van der Waals surface area contributed by atoms with Crippen LogP contribution in [0.3, 0.4) is 0 Å². The van der Waals surface area contributed by atoms with Gasteiger partial charge >= 0.3 is 0 Å². The molecule has 0 aliphatic rings. The van der Waals surface area contributed by atoms with Crippen LogP contribution in [-0.4, -0.2) is 52.9 Å². The third kappa shape index (κ3) is 9.55. The van der Waals surface area contributed by atoms with Gasteiger partial charge in [0.15, 0.2) is 0 Å². The first-order valence-electron chi connectivity index (χ1n) is 9.99. The quantitative estimate of drug-likeness (QED) is 0.385. The highest BCUT2D eigenvalue weighted by atomic mass is 32.2. The van der Waals surface area contributed by atoms with Crippen molar-refractivity contribution in [3.05, 3.63) is 59.7 Å². The van der Waals surface area contributed by atoms with E-state index in [0.29, 0.717) is 24.6 Å². The summed E-state index contributed by atoms with van der Waals surface area (Å²) >= 11 is 3.41. The second kappa shape index (κ2) is 12.9. The van der Waals surface area contributed by atoms with Gasteiger partial charge in [0, 0.05) is 24.6 Å². The summed E-state index contributed by atoms with van der Waals surface area (Å²) in [5.41, 5.74) is 2.05. The molecule has 2 aromatic rings. The molecule has 2 aromatic carbocycles. The minimum Gasteiger partial charge on any atom is -0.210 e. The van der Waals surface area contributed by atoms with E-state index in [2.05, 4.69) is 9.44 Å². The van der Waals surface area contributed by atoms with Crippen molar-refractivity contribution in [2.75, 3.05) is 36.1 Å². The number of rotatable bonds is 14. The van der Waals surface area contributed by atoms with Crippen molar-refractivity contribution < 1.29 is 16.8 Å². The van der Waals surface area contributed by atoms with Crippen molar-refractivity contribution in [3.8, 4) is 0 Å². The van der Waals surface area contributed by atoms with Gasteiger partial charge in [-0.15, -0.1) is 0 Å². The average molecular weight is 503 g/mol. The lowest BCUT2D eigenvalue weighted by molar-refractivity contribution is 0.582. The summed E-state index contributed by atoms with van der Waals surface area (Å²) in [7, 11) is -6.89. The van der Waals surface area contributed by atoms with Crippen molar-refractivity contribution in [1.82, 2.24) is 9.44 Å². The second-order valence-electron chi connectivity index (χ2n) is 7.00. The highest BCUT2D eigenvalue weighted by Crippen LogP contribution is 2.12. The predicted molar refractivity (Wildman–Crippen MR) is 132 cm³/mol. The molecule has 10 heteroatoms. The summed E-state index contributed by atoms with van der Waals surface area (Å²) in [6.45, 7) is 4.63. The number of nitrogens with one attached hydrogen (secondary N) is 2. The molecule has 6 nitrogen and oxygen atoms in total. The Labute approximate surface area is 195 Å². The van der Waals surface area contributed by atoms with E-state index in [9.17, 15) is 16.8 Å². The molecular formula is C21H30N2O4S4. The van der Waals surface area contributed by atoms with Crippen LogP contribution in [0.5, 0.6) is 0 Å². The molecule has 0 atom stereocenters. The zero-order valence-electron chi connectivity index (χ0n) is 17.8. The van der Waals surface area contributed by atoms with Crippen LogP contribution in [0, 0.1) is 13.8 Å². The van der Waals surface area contributed by atoms with Gasteiger partial charge in [-0.25, -0.2) is 26.3 Å². The van der Waals surface area contributed by atoms with Gasteiger partial charge in [0.05, 0.1) is 9.79 Å². The van der Waals surface area contributed by atoms with Gasteiger partial charge in [-0.05, 0) is 56.0 Å². The highest BCUT2D eigenvalue weighted by molar-refractivity contribution is 8.00. The lowest BCUT2D eigenvalue weighted by Crippen LogP contribution is -2.26. The van der Waals surface area contributed by atoms with E-state index in [1.807, 2.05) is 13.8 Å². The average Bonchev–Trinajstić information content (AvgIpc) is 2.72. The van der Waals surface area contributed by atoms with Crippen molar-refractivity contribution in [2.45, 2.75) is 30.1 Å².